The lowest BCUT2D eigenvalue weighted by molar-refractivity contribution is -0.116. The smallest absolute Gasteiger partial charge is 0.238 e. The van der Waals surface area contributed by atoms with E-state index in [0.717, 1.165) is 36.3 Å². The molecule has 0 heterocycles. The van der Waals surface area contributed by atoms with Crippen molar-refractivity contribution in [2.24, 2.45) is 17.8 Å². The first kappa shape index (κ1) is 17.1. The minimum atomic E-state index is 0.117. The van der Waals surface area contributed by atoms with E-state index in [1.54, 1.807) is 0 Å². The molecule has 4 aliphatic rings. The lowest BCUT2D eigenvalue weighted by atomic mass is 9.53. The molecule has 4 fully saturated rings. The molecule has 4 aliphatic carbocycles. The number of hydrogen-bond donors (Lipinski definition) is 2. The third-order valence-electron chi connectivity index (χ3n) is 6.93. The van der Waals surface area contributed by atoms with Crippen LogP contribution < -0.4 is 10.6 Å². The van der Waals surface area contributed by atoms with E-state index in [0.29, 0.717) is 6.54 Å². The summed E-state index contributed by atoms with van der Waals surface area (Å²) in [5.41, 5.74) is 3.78. The van der Waals surface area contributed by atoms with E-state index < -0.39 is 0 Å². The minimum absolute atomic E-state index is 0.117. The first-order valence-corrected chi connectivity index (χ1v) is 10.3. The second-order valence-electron chi connectivity index (χ2n) is 8.76. The predicted octanol–water partition coefficient (Wildman–Crippen LogP) is 4.31. The van der Waals surface area contributed by atoms with Crippen LogP contribution in [-0.2, 0) is 17.6 Å². The zero-order chi connectivity index (χ0) is 17.4. The summed E-state index contributed by atoms with van der Waals surface area (Å²) in [7, 11) is 0. The van der Waals surface area contributed by atoms with Crippen molar-refractivity contribution in [2.45, 2.75) is 70.8 Å². The molecule has 0 unspecified atom stereocenters. The molecule has 1 aromatic rings. The summed E-state index contributed by atoms with van der Waals surface area (Å²) < 4.78 is 0. The van der Waals surface area contributed by atoms with Gasteiger partial charge in [0.1, 0.15) is 0 Å². The van der Waals surface area contributed by atoms with E-state index in [9.17, 15) is 4.79 Å². The van der Waals surface area contributed by atoms with Crippen LogP contribution in [0.1, 0.15) is 63.5 Å². The topological polar surface area (TPSA) is 41.1 Å². The van der Waals surface area contributed by atoms with Gasteiger partial charge in [-0.3, -0.25) is 4.79 Å². The molecule has 3 heteroatoms. The molecular weight excluding hydrogens is 308 g/mol. The number of aryl methyl sites for hydroxylation is 2. The molecule has 0 spiro atoms. The summed E-state index contributed by atoms with van der Waals surface area (Å²) in [5.74, 6) is 2.85. The number of carbonyl (C=O) groups is 1. The van der Waals surface area contributed by atoms with Crippen LogP contribution in [0.5, 0.6) is 0 Å². The molecule has 4 bridgehead atoms. The van der Waals surface area contributed by atoms with Gasteiger partial charge in [0.2, 0.25) is 5.91 Å². The summed E-state index contributed by atoms with van der Waals surface area (Å²) in [6.07, 6.45) is 10.1. The average Bonchev–Trinajstić information content (AvgIpc) is 2.59. The van der Waals surface area contributed by atoms with Crippen LogP contribution in [0, 0.1) is 17.8 Å². The molecule has 0 atom stereocenters. The van der Waals surface area contributed by atoms with Crippen LogP contribution in [0.3, 0.4) is 0 Å². The van der Waals surface area contributed by atoms with Gasteiger partial charge in [-0.2, -0.15) is 0 Å². The van der Waals surface area contributed by atoms with Crippen LogP contribution in [0.15, 0.2) is 18.2 Å². The average molecular weight is 341 g/mol. The van der Waals surface area contributed by atoms with Gasteiger partial charge in [0.25, 0.3) is 0 Å². The summed E-state index contributed by atoms with van der Waals surface area (Å²) in [6, 6.07) is 6.35. The fraction of sp³-hybridized carbons (Fsp3) is 0.682. The van der Waals surface area contributed by atoms with Gasteiger partial charge in [-0.1, -0.05) is 32.0 Å². The maximum absolute atomic E-state index is 12.7. The number of amides is 1. The quantitative estimate of drug-likeness (QED) is 0.810. The van der Waals surface area contributed by atoms with Gasteiger partial charge in [-0.25, -0.2) is 0 Å². The van der Waals surface area contributed by atoms with Crippen LogP contribution in [0.25, 0.3) is 0 Å². The van der Waals surface area contributed by atoms with Gasteiger partial charge in [0.05, 0.1) is 6.54 Å². The molecule has 3 nitrogen and oxygen atoms in total. The molecule has 0 aliphatic heterocycles. The van der Waals surface area contributed by atoms with Crippen molar-refractivity contribution in [3.8, 4) is 0 Å². The van der Waals surface area contributed by atoms with Gasteiger partial charge < -0.3 is 10.6 Å². The van der Waals surface area contributed by atoms with Gasteiger partial charge in [0.15, 0.2) is 0 Å². The van der Waals surface area contributed by atoms with Crippen LogP contribution in [-0.4, -0.2) is 18.0 Å². The molecule has 1 amide bonds. The number of para-hydroxylation sites is 1. The van der Waals surface area contributed by atoms with E-state index in [4.69, 9.17) is 0 Å². The Morgan fingerprint density at radius 3 is 2.00 bits per heavy atom. The maximum atomic E-state index is 12.7. The van der Waals surface area contributed by atoms with E-state index in [2.05, 4.69) is 42.7 Å². The van der Waals surface area contributed by atoms with Crippen molar-refractivity contribution in [3.05, 3.63) is 29.3 Å². The molecule has 0 radical (unpaired) electrons. The zero-order valence-corrected chi connectivity index (χ0v) is 15.7. The second-order valence-corrected chi connectivity index (χ2v) is 8.76. The van der Waals surface area contributed by atoms with E-state index in [1.165, 1.54) is 49.7 Å². The fourth-order valence-corrected chi connectivity index (χ4v) is 6.18. The van der Waals surface area contributed by atoms with Gasteiger partial charge >= 0.3 is 0 Å². The Morgan fingerprint density at radius 1 is 1.00 bits per heavy atom. The largest absolute Gasteiger partial charge is 0.324 e. The Labute approximate surface area is 152 Å². The Balaban J connectivity index is 1.40. The van der Waals surface area contributed by atoms with E-state index in [-0.39, 0.29) is 11.4 Å². The number of benzene rings is 1. The van der Waals surface area contributed by atoms with Gasteiger partial charge in [-0.05, 0) is 80.2 Å². The Bertz CT molecular complexity index is 594. The molecule has 0 saturated heterocycles. The molecule has 4 saturated carbocycles. The second kappa shape index (κ2) is 6.75. The SMILES string of the molecule is CCc1cccc(CC)c1NC(=O)CNC12CC3CC(CC(C3)C1)C2. The Morgan fingerprint density at radius 2 is 1.52 bits per heavy atom. The normalized spacial score (nSPS) is 32.8. The summed E-state index contributed by atoms with van der Waals surface area (Å²) in [6.45, 7) is 4.75. The third-order valence-corrected chi connectivity index (χ3v) is 6.93. The monoisotopic (exact) mass is 340 g/mol. The lowest BCUT2D eigenvalue weighted by Gasteiger charge is -2.57. The maximum Gasteiger partial charge on any atom is 0.238 e. The zero-order valence-electron chi connectivity index (χ0n) is 15.7. The molecule has 0 aromatic heterocycles. The Kier molecular flexibility index (Phi) is 4.61. The summed E-state index contributed by atoms with van der Waals surface area (Å²) >= 11 is 0. The number of rotatable bonds is 6. The van der Waals surface area contributed by atoms with Gasteiger partial charge in [-0.15, -0.1) is 0 Å². The minimum Gasteiger partial charge on any atom is -0.324 e. The number of hydrogen-bond acceptors (Lipinski definition) is 2. The van der Waals surface area contributed by atoms with E-state index >= 15 is 0 Å². The van der Waals surface area contributed by atoms with Gasteiger partial charge in [0, 0.05) is 11.2 Å². The van der Waals surface area contributed by atoms with Crippen molar-refractivity contribution in [1.82, 2.24) is 5.32 Å². The van der Waals surface area contributed by atoms with Crippen LogP contribution in [0.2, 0.25) is 0 Å². The molecule has 1 aromatic carbocycles. The van der Waals surface area contributed by atoms with Crippen molar-refractivity contribution >= 4 is 11.6 Å². The number of carbonyl (C=O) groups excluding carboxylic acids is 1. The van der Waals surface area contributed by atoms with Crippen molar-refractivity contribution in [3.63, 3.8) is 0 Å². The number of nitrogens with one attached hydrogen (secondary N) is 2. The van der Waals surface area contributed by atoms with Crippen LogP contribution >= 0.6 is 0 Å². The molecule has 5 rings (SSSR count). The standard InChI is InChI=1S/C22H32N2O/c1-3-18-6-5-7-19(4-2)21(18)24-20(25)14-23-22-11-15-8-16(12-22)10-17(9-15)13-22/h5-7,15-17,23H,3-4,8-14H2,1-2H3,(H,24,25). The third kappa shape index (κ3) is 3.36. The first-order valence-electron chi connectivity index (χ1n) is 10.3. The van der Waals surface area contributed by atoms with Crippen molar-refractivity contribution < 1.29 is 4.79 Å². The Hall–Kier alpha value is -1.35. The summed E-state index contributed by atoms with van der Waals surface area (Å²) in [4.78, 5) is 12.7. The highest BCUT2D eigenvalue weighted by Gasteiger charge is 2.50. The molecule has 2 N–H and O–H groups in total. The highest BCUT2D eigenvalue weighted by Crippen LogP contribution is 2.55. The molecule has 25 heavy (non-hydrogen) atoms. The fourth-order valence-electron chi connectivity index (χ4n) is 6.18. The van der Waals surface area contributed by atoms with Crippen molar-refractivity contribution in [1.29, 1.82) is 0 Å². The first-order chi connectivity index (χ1) is 12.1. The molecule has 136 valence electrons. The molecular formula is C22H32N2O. The van der Waals surface area contributed by atoms with Crippen LogP contribution in [0.4, 0.5) is 5.69 Å². The lowest BCUT2D eigenvalue weighted by Crippen LogP contribution is -2.59. The van der Waals surface area contributed by atoms with Crippen molar-refractivity contribution in [2.75, 3.05) is 11.9 Å². The predicted molar refractivity (Wildman–Crippen MR) is 103 cm³/mol. The van der Waals surface area contributed by atoms with E-state index in [1.807, 2.05) is 0 Å². The summed E-state index contributed by atoms with van der Waals surface area (Å²) in [5, 5.41) is 6.92. The highest BCUT2D eigenvalue weighted by atomic mass is 16.1. The number of anilines is 1. The highest BCUT2D eigenvalue weighted by molar-refractivity contribution is 5.94.